The second-order valence-electron chi connectivity index (χ2n) is 8.25. The minimum atomic E-state index is -0.743. The van der Waals surface area contributed by atoms with Crippen molar-refractivity contribution in [3.05, 3.63) is 23.8 Å². The highest BCUT2D eigenvalue weighted by atomic mass is 35.5. The molecule has 2 atom stereocenters. The van der Waals surface area contributed by atoms with E-state index in [2.05, 4.69) is 31.4 Å². The van der Waals surface area contributed by atoms with Gasteiger partial charge in [0.05, 0.1) is 0 Å². The first-order valence-corrected chi connectivity index (χ1v) is 13.4. The van der Waals surface area contributed by atoms with Gasteiger partial charge in [0.25, 0.3) is 0 Å². The lowest BCUT2D eigenvalue weighted by atomic mass is 10.1. The van der Waals surface area contributed by atoms with Crippen LogP contribution >= 0.6 is 12.4 Å². The normalized spacial score (nSPS) is 13.1. The predicted molar refractivity (Wildman–Crippen MR) is 145 cm³/mol. The molecule has 0 aliphatic carbocycles. The standard InChI is InChI=1S/C18H28O3S.C6H15N5.ClH/c1-3-4-5-6-7-8-11-22(19)15(2)12-16-9-10-17-18(13-16)21-14-20-17;1-2-3-4-10-6(9)11-5(7)8;/h9-10,13,15H,3-8,11-12,14H2,1-2H3;2-4H2,1H3,(H6,7,8,9,10,11);1H. The number of hydrogen-bond acceptors (Lipinski definition) is 5. The summed E-state index contributed by atoms with van der Waals surface area (Å²) in [6, 6.07) is 6.01. The van der Waals surface area contributed by atoms with Gasteiger partial charge in [-0.3, -0.25) is 16.1 Å². The molecule has 0 saturated heterocycles. The molecular formula is C24H44ClN5O3S. The molecule has 0 bridgehead atoms. The first-order chi connectivity index (χ1) is 15.9. The third-order valence-electron chi connectivity index (χ3n) is 5.20. The van der Waals surface area contributed by atoms with Crippen LogP contribution in [0.4, 0.5) is 0 Å². The molecule has 8 nitrogen and oxygen atoms in total. The second kappa shape index (κ2) is 19.5. The third kappa shape index (κ3) is 14.4. The number of nitrogens with one attached hydrogen (secondary N) is 4. The summed E-state index contributed by atoms with van der Waals surface area (Å²) in [4.78, 5) is 0. The number of unbranched alkanes of at least 4 members (excludes halogenated alkanes) is 6. The fourth-order valence-corrected chi connectivity index (χ4v) is 4.56. The molecule has 1 heterocycles. The molecule has 0 saturated carbocycles. The molecule has 0 radical (unpaired) electrons. The summed E-state index contributed by atoms with van der Waals surface area (Å²) in [5.74, 6) is 2.33. The van der Waals surface area contributed by atoms with Gasteiger partial charge < -0.3 is 25.1 Å². The summed E-state index contributed by atoms with van der Waals surface area (Å²) in [5, 5.41) is 19.2. The van der Waals surface area contributed by atoms with Gasteiger partial charge in [-0.1, -0.05) is 63.2 Å². The maximum Gasteiger partial charge on any atom is 0.231 e. The molecule has 2 unspecified atom stereocenters. The van der Waals surface area contributed by atoms with Crippen molar-refractivity contribution in [1.29, 1.82) is 10.8 Å². The van der Waals surface area contributed by atoms with Crippen molar-refractivity contribution < 1.29 is 14.0 Å². The highest BCUT2D eigenvalue weighted by molar-refractivity contribution is 7.91. The summed E-state index contributed by atoms with van der Waals surface area (Å²) in [5.41, 5.74) is 6.16. The Morgan fingerprint density at radius 1 is 1.06 bits per heavy atom. The van der Waals surface area contributed by atoms with Gasteiger partial charge in [-0.25, -0.2) is 0 Å². The molecule has 1 aromatic rings. The number of fused-ring (bicyclic) bond motifs is 1. The Labute approximate surface area is 214 Å². The number of rotatable bonds is 13. The molecule has 2 rings (SSSR count). The number of benzene rings is 1. The van der Waals surface area contributed by atoms with E-state index in [0.29, 0.717) is 6.79 Å². The second-order valence-corrected chi connectivity index (χ2v) is 10.2. The molecule has 1 aliphatic rings. The van der Waals surface area contributed by atoms with Crippen LogP contribution in [-0.4, -0.2) is 40.8 Å². The zero-order valence-corrected chi connectivity index (χ0v) is 22.5. The molecule has 6 N–H and O–H groups in total. The summed E-state index contributed by atoms with van der Waals surface area (Å²) in [7, 11) is 0. The number of halogens is 1. The number of hydrogen-bond donors (Lipinski definition) is 5. The monoisotopic (exact) mass is 517 g/mol. The van der Waals surface area contributed by atoms with Gasteiger partial charge in [0.2, 0.25) is 6.79 Å². The Kier molecular flexibility index (Phi) is 18.4. The van der Waals surface area contributed by atoms with Gasteiger partial charge in [-0.05, 0) is 43.9 Å². The van der Waals surface area contributed by atoms with Crippen LogP contribution in [0.25, 0.3) is 0 Å². The van der Waals surface area contributed by atoms with Crippen LogP contribution in [-0.2, 0) is 17.6 Å². The van der Waals surface area contributed by atoms with Crippen LogP contribution in [0.15, 0.2) is 18.2 Å². The first kappa shape index (κ1) is 32.2. The molecule has 10 heteroatoms. The molecule has 196 valence electrons. The van der Waals surface area contributed by atoms with E-state index in [4.69, 9.17) is 26.0 Å². The zero-order valence-electron chi connectivity index (χ0n) is 20.9. The Hall–Kier alpha value is -1.84. The van der Waals surface area contributed by atoms with Gasteiger partial charge in [-0.15, -0.1) is 12.4 Å². The SMILES string of the molecule is CCCCCCCC[S+]([O-])C(C)Cc1ccc2c(c1)OCO2.CCCCNC(=N)NC(=N)N.Cl. The van der Waals surface area contributed by atoms with Crippen LogP contribution in [0.5, 0.6) is 11.5 Å². The Morgan fingerprint density at radius 3 is 2.38 bits per heavy atom. The zero-order chi connectivity index (χ0) is 24.5. The fraction of sp³-hybridized carbons (Fsp3) is 0.667. The van der Waals surface area contributed by atoms with E-state index >= 15 is 0 Å². The molecule has 0 fully saturated rings. The average molecular weight is 518 g/mol. The van der Waals surface area contributed by atoms with Gasteiger partial charge in [0, 0.05) is 13.0 Å². The van der Waals surface area contributed by atoms with Crippen LogP contribution < -0.4 is 25.8 Å². The molecule has 0 amide bonds. The van der Waals surface area contributed by atoms with E-state index in [-0.39, 0.29) is 29.6 Å². The van der Waals surface area contributed by atoms with Crippen molar-refractivity contribution >= 4 is 35.5 Å². The minimum absolute atomic E-state index is 0. The molecule has 0 aromatic heterocycles. The lowest BCUT2D eigenvalue weighted by Gasteiger charge is -2.18. The van der Waals surface area contributed by atoms with Crippen LogP contribution in [0.2, 0.25) is 0 Å². The first-order valence-electron chi connectivity index (χ1n) is 12.1. The Bertz CT molecular complexity index is 711. The van der Waals surface area contributed by atoms with Gasteiger partial charge in [0.1, 0.15) is 11.0 Å². The van der Waals surface area contributed by atoms with Crippen molar-refractivity contribution in [2.75, 3.05) is 19.1 Å². The quantitative estimate of drug-likeness (QED) is 0.111. The minimum Gasteiger partial charge on any atom is -0.616 e. The van der Waals surface area contributed by atoms with Crippen molar-refractivity contribution in [2.24, 2.45) is 5.73 Å². The lowest BCUT2D eigenvalue weighted by molar-refractivity contribution is 0.174. The van der Waals surface area contributed by atoms with E-state index in [1.807, 2.05) is 18.2 Å². The number of guanidine groups is 2. The number of nitrogens with two attached hydrogens (primary N) is 1. The largest absolute Gasteiger partial charge is 0.616 e. The molecule has 0 spiro atoms. The van der Waals surface area contributed by atoms with E-state index in [1.54, 1.807) is 0 Å². The lowest BCUT2D eigenvalue weighted by Crippen LogP contribution is -2.43. The van der Waals surface area contributed by atoms with Crippen LogP contribution in [0.1, 0.15) is 77.7 Å². The molecular weight excluding hydrogens is 474 g/mol. The van der Waals surface area contributed by atoms with Gasteiger partial charge in [0.15, 0.2) is 23.4 Å². The van der Waals surface area contributed by atoms with Crippen molar-refractivity contribution in [3.63, 3.8) is 0 Å². The van der Waals surface area contributed by atoms with E-state index in [0.717, 1.165) is 49.5 Å². The summed E-state index contributed by atoms with van der Waals surface area (Å²) in [6.07, 6.45) is 10.4. The third-order valence-corrected chi connectivity index (χ3v) is 6.96. The highest BCUT2D eigenvalue weighted by Gasteiger charge is 2.19. The number of ether oxygens (including phenoxy) is 2. The van der Waals surface area contributed by atoms with Crippen molar-refractivity contribution in [3.8, 4) is 11.5 Å². The summed E-state index contributed by atoms with van der Waals surface area (Å²) >= 11 is -0.743. The van der Waals surface area contributed by atoms with E-state index < -0.39 is 11.2 Å². The Balaban J connectivity index is 0.000000776. The van der Waals surface area contributed by atoms with E-state index in [9.17, 15) is 4.55 Å². The fourth-order valence-electron chi connectivity index (χ4n) is 3.29. The van der Waals surface area contributed by atoms with Crippen molar-refractivity contribution in [2.45, 2.75) is 83.8 Å². The summed E-state index contributed by atoms with van der Waals surface area (Å²) < 4.78 is 23.0. The predicted octanol–water partition coefficient (Wildman–Crippen LogP) is 4.67. The highest BCUT2D eigenvalue weighted by Crippen LogP contribution is 2.33. The molecule has 1 aliphatic heterocycles. The maximum atomic E-state index is 12.3. The van der Waals surface area contributed by atoms with Crippen molar-refractivity contribution in [1.82, 2.24) is 10.6 Å². The van der Waals surface area contributed by atoms with E-state index in [1.165, 1.54) is 37.7 Å². The van der Waals surface area contributed by atoms with Crippen LogP contribution in [0.3, 0.4) is 0 Å². The average Bonchev–Trinajstić information content (AvgIpc) is 3.24. The maximum absolute atomic E-state index is 12.3. The molecule has 34 heavy (non-hydrogen) atoms. The smallest absolute Gasteiger partial charge is 0.231 e. The Morgan fingerprint density at radius 2 is 1.71 bits per heavy atom. The topological polar surface area (TPSA) is 139 Å². The van der Waals surface area contributed by atoms with Gasteiger partial charge >= 0.3 is 0 Å². The van der Waals surface area contributed by atoms with Gasteiger partial charge in [-0.2, -0.15) is 0 Å². The summed E-state index contributed by atoms with van der Waals surface area (Å²) in [6.45, 7) is 7.43. The molecule has 1 aromatic carbocycles. The van der Waals surface area contributed by atoms with Crippen LogP contribution in [0, 0.1) is 10.8 Å².